The molecule has 0 aliphatic rings. The number of hydrogen-bond donors (Lipinski definition) is 0. The van der Waals surface area contributed by atoms with E-state index in [1.807, 2.05) is 0 Å². The second-order valence-electron chi connectivity index (χ2n) is 14.0. The van der Waals surface area contributed by atoms with Crippen molar-refractivity contribution in [2.45, 2.75) is 78.6 Å². The van der Waals surface area contributed by atoms with Crippen LogP contribution in [0.15, 0.2) is 91.0 Å². The second-order valence-corrected chi connectivity index (χ2v) is 14.0. The fourth-order valence-electron chi connectivity index (χ4n) is 5.54. The van der Waals surface area contributed by atoms with Gasteiger partial charge in [-0.05, 0) is 82.8 Å². The van der Waals surface area contributed by atoms with E-state index in [-0.39, 0.29) is 16.2 Å². The first-order valence-electron chi connectivity index (χ1n) is 14.0. The van der Waals surface area contributed by atoms with Crippen LogP contribution in [-0.4, -0.2) is 0 Å². The fraction of sp³-hybridized carbons (Fsp3) is 0.316. The Kier molecular flexibility index (Phi) is 6.30. The molecule has 0 heteroatoms. The van der Waals surface area contributed by atoms with E-state index in [0.29, 0.717) is 0 Å². The summed E-state index contributed by atoms with van der Waals surface area (Å²) in [6, 6.07) is 34.6. The lowest BCUT2D eigenvalue weighted by Gasteiger charge is -2.24. The van der Waals surface area contributed by atoms with Crippen molar-refractivity contribution in [1.29, 1.82) is 0 Å². The Balaban J connectivity index is 1.87. The van der Waals surface area contributed by atoms with Gasteiger partial charge in [-0.1, -0.05) is 147 Å². The van der Waals surface area contributed by atoms with Crippen molar-refractivity contribution in [3.63, 3.8) is 0 Å². The lowest BCUT2D eigenvalue weighted by molar-refractivity contribution is 0.590. The van der Waals surface area contributed by atoms with Gasteiger partial charge in [-0.25, -0.2) is 0 Å². The SMILES string of the molecule is CC(C)(C)c1ccc(-c2c3ccccc3c(-c3ccc(C(C)(C)C)cc3)c3cc(C(C)(C)C)ccc23)cc1. The molecule has 0 aromatic heterocycles. The van der Waals surface area contributed by atoms with Gasteiger partial charge in [0.25, 0.3) is 0 Å². The van der Waals surface area contributed by atoms with Crippen LogP contribution < -0.4 is 0 Å². The van der Waals surface area contributed by atoms with Crippen molar-refractivity contribution in [3.8, 4) is 22.3 Å². The Bertz CT molecular complexity index is 1610. The maximum Gasteiger partial charge on any atom is -0.00263 e. The van der Waals surface area contributed by atoms with Gasteiger partial charge in [0, 0.05) is 0 Å². The van der Waals surface area contributed by atoms with Crippen LogP contribution in [-0.2, 0) is 16.2 Å². The minimum absolute atomic E-state index is 0.0711. The molecular formula is C38H42. The molecule has 0 amide bonds. The van der Waals surface area contributed by atoms with Gasteiger partial charge in [-0.2, -0.15) is 0 Å². The van der Waals surface area contributed by atoms with Gasteiger partial charge < -0.3 is 0 Å². The summed E-state index contributed by atoms with van der Waals surface area (Å²) in [6.07, 6.45) is 0. The Morgan fingerprint density at radius 2 is 0.684 bits per heavy atom. The molecule has 0 N–H and O–H groups in total. The summed E-state index contributed by atoms with van der Waals surface area (Å²) >= 11 is 0. The topological polar surface area (TPSA) is 0 Å². The first-order valence-corrected chi connectivity index (χ1v) is 14.0. The lowest BCUT2D eigenvalue weighted by Crippen LogP contribution is -2.11. The van der Waals surface area contributed by atoms with Crippen LogP contribution in [0.5, 0.6) is 0 Å². The van der Waals surface area contributed by atoms with E-state index in [9.17, 15) is 0 Å². The first kappa shape index (κ1) is 26.2. The Hall–Kier alpha value is -3.38. The lowest BCUT2D eigenvalue weighted by atomic mass is 9.80. The molecule has 0 saturated carbocycles. The van der Waals surface area contributed by atoms with Crippen molar-refractivity contribution in [1.82, 2.24) is 0 Å². The maximum absolute atomic E-state index is 2.45. The average Bonchev–Trinajstić information content (AvgIpc) is 2.85. The third-order valence-electron chi connectivity index (χ3n) is 7.97. The van der Waals surface area contributed by atoms with Crippen LogP contribution in [0.2, 0.25) is 0 Å². The van der Waals surface area contributed by atoms with E-state index in [4.69, 9.17) is 0 Å². The largest absolute Gasteiger partial charge is 0.0616 e. The second kappa shape index (κ2) is 9.12. The molecule has 0 radical (unpaired) electrons. The van der Waals surface area contributed by atoms with E-state index in [2.05, 4.69) is 153 Å². The zero-order valence-electron chi connectivity index (χ0n) is 24.7. The van der Waals surface area contributed by atoms with Crippen LogP contribution in [0.3, 0.4) is 0 Å². The van der Waals surface area contributed by atoms with Crippen LogP contribution >= 0.6 is 0 Å². The third kappa shape index (κ3) is 4.78. The normalized spacial score (nSPS) is 12.9. The first-order chi connectivity index (χ1) is 17.7. The summed E-state index contributed by atoms with van der Waals surface area (Å²) in [5, 5.41) is 5.26. The molecule has 0 heterocycles. The van der Waals surface area contributed by atoms with E-state index in [1.54, 1.807) is 0 Å². The van der Waals surface area contributed by atoms with Crippen molar-refractivity contribution < 1.29 is 0 Å². The summed E-state index contributed by atoms with van der Waals surface area (Å²) < 4.78 is 0. The molecule has 0 bridgehead atoms. The number of rotatable bonds is 2. The predicted octanol–water partition coefficient (Wildman–Crippen LogP) is 11.2. The Morgan fingerprint density at radius 1 is 0.342 bits per heavy atom. The highest BCUT2D eigenvalue weighted by Crippen LogP contribution is 2.45. The minimum Gasteiger partial charge on any atom is -0.0616 e. The van der Waals surface area contributed by atoms with Crippen LogP contribution in [0, 0.1) is 0 Å². The third-order valence-corrected chi connectivity index (χ3v) is 7.97. The molecule has 5 aromatic carbocycles. The Morgan fingerprint density at radius 3 is 1.08 bits per heavy atom. The van der Waals surface area contributed by atoms with Crippen molar-refractivity contribution >= 4 is 21.5 Å². The molecule has 0 unspecified atom stereocenters. The molecule has 5 aromatic rings. The molecule has 0 fully saturated rings. The fourth-order valence-corrected chi connectivity index (χ4v) is 5.54. The molecular weight excluding hydrogens is 456 g/mol. The minimum atomic E-state index is 0.0711. The monoisotopic (exact) mass is 498 g/mol. The van der Waals surface area contributed by atoms with E-state index < -0.39 is 0 Å². The van der Waals surface area contributed by atoms with Crippen molar-refractivity contribution in [3.05, 3.63) is 108 Å². The number of benzene rings is 5. The average molecular weight is 499 g/mol. The number of hydrogen-bond acceptors (Lipinski definition) is 0. The Labute approximate surface area is 229 Å². The molecule has 5 rings (SSSR count). The molecule has 0 aliphatic heterocycles. The van der Waals surface area contributed by atoms with E-state index >= 15 is 0 Å². The van der Waals surface area contributed by atoms with Crippen molar-refractivity contribution in [2.75, 3.05) is 0 Å². The number of fused-ring (bicyclic) bond motifs is 2. The highest BCUT2D eigenvalue weighted by molar-refractivity contribution is 6.21. The summed E-state index contributed by atoms with van der Waals surface area (Å²) in [7, 11) is 0. The molecule has 0 nitrogen and oxygen atoms in total. The van der Waals surface area contributed by atoms with Gasteiger partial charge in [-0.15, -0.1) is 0 Å². The van der Waals surface area contributed by atoms with Crippen LogP contribution in [0.1, 0.15) is 79.0 Å². The van der Waals surface area contributed by atoms with Crippen LogP contribution in [0.4, 0.5) is 0 Å². The quantitative estimate of drug-likeness (QED) is 0.212. The molecule has 0 aliphatic carbocycles. The zero-order chi connectivity index (χ0) is 27.5. The zero-order valence-corrected chi connectivity index (χ0v) is 24.7. The highest BCUT2D eigenvalue weighted by atomic mass is 14.3. The van der Waals surface area contributed by atoms with Gasteiger partial charge >= 0.3 is 0 Å². The molecule has 0 atom stereocenters. The predicted molar refractivity (Wildman–Crippen MR) is 168 cm³/mol. The molecule has 194 valence electrons. The van der Waals surface area contributed by atoms with Gasteiger partial charge in [0.1, 0.15) is 0 Å². The van der Waals surface area contributed by atoms with Crippen LogP contribution in [0.25, 0.3) is 43.8 Å². The summed E-state index contributed by atoms with van der Waals surface area (Å²) in [4.78, 5) is 0. The van der Waals surface area contributed by atoms with E-state index in [1.165, 1.54) is 60.5 Å². The maximum atomic E-state index is 2.45. The highest BCUT2D eigenvalue weighted by Gasteiger charge is 2.21. The summed E-state index contributed by atoms with van der Waals surface area (Å²) in [6.45, 7) is 20.6. The molecule has 38 heavy (non-hydrogen) atoms. The summed E-state index contributed by atoms with van der Waals surface area (Å²) in [5.41, 5.74) is 9.63. The molecule has 0 spiro atoms. The van der Waals surface area contributed by atoms with Crippen molar-refractivity contribution in [2.24, 2.45) is 0 Å². The molecule has 0 saturated heterocycles. The van der Waals surface area contributed by atoms with E-state index in [0.717, 1.165) is 0 Å². The smallest absolute Gasteiger partial charge is 0.00263 e. The standard InChI is InChI=1S/C38H42/c1-36(2,3)27-18-14-25(15-19-27)34-30-12-10-11-13-31(30)35(26-16-20-28(21-17-26)37(4,5)6)33-24-29(38(7,8)9)22-23-32(33)34/h10-24H,1-9H3. The van der Waals surface area contributed by atoms with Gasteiger partial charge in [-0.3, -0.25) is 0 Å². The van der Waals surface area contributed by atoms with Gasteiger partial charge in [0.2, 0.25) is 0 Å². The van der Waals surface area contributed by atoms with Gasteiger partial charge in [0.15, 0.2) is 0 Å². The summed E-state index contributed by atoms with van der Waals surface area (Å²) in [5.74, 6) is 0. The van der Waals surface area contributed by atoms with Gasteiger partial charge in [0.05, 0.1) is 0 Å².